The van der Waals surface area contributed by atoms with Crippen LogP contribution in [0.1, 0.15) is 56.9 Å². The van der Waals surface area contributed by atoms with E-state index in [2.05, 4.69) is 43.3 Å². The molecular formula is C23H26ClF. The van der Waals surface area contributed by atoms with Gasteiger partial charge in [0, 0.05) is 0 Å². The molecule has 0 amide bonds. The summed E-state index contributed by atoms with van der Waals surface area (Å²) in [6.45, 7) is 2.23. The Bertz CT molecular complexity index is 709. The molecule has 0 spiro atoms. The number of allylic oxidation sites excluding steroid dienone is 2. The second-order valence-corrected chi connectivity index (χ2v) is 7.49. The van der Waals surface area contributed by atoms with Gasteiger partial charge in [0.25, 0.3) is 0 Å². The van der Waals surface area contributed by atoms with E-state index in [0.29, 0.717) is 5.92 Å². The van der Waals surface area contributed by atoms with Crippen LogP contribution < -0.4 is 0 Å². The van der Waals surface area contributed by atoms with Crippen LogP contribution in [0.4, 0.5) is 4.39 Å². The van der Waals surface area contributed by atoms with Crippen molar-refractivity contribution >= 4 is 11.6 Å². The molecule has 1 aliphatic carbocycles. The molecule has 0 aromatic heterocycles. The third-order valence-electron chi connectivity index (χ3n) is 5.27. The van der Waals surface area contributed by atoms with Gasteiger partial charge in [-0.2, -0.15) is 0 Å². The molecule has 132 valence electrons. The molecule has 25 heavy (non-hydrogen) atoms. The SMILES string of the molecule is CCCC=CC1CCC(c2ccc(-c3ccc(Cl)c(F)c3)cc2)CC1. The maximum atomic E-state index is 13.6. The summed E-state index contributed by atoms with van der Waals surface area (Å²) >= 11 is 5.77. The van der Waals surface area contributed by atoms with Gasteiger partial charge in [0.15, 0.2) is 0 Å². The van der Waals surface area contributed by atoms with Gasteiger partial charge in [-0.3, -0.25) is 0 Å². The van der Waals surface area contributed by atoms with Crippen molar-refractivity contribution in [1.82, 2.24) is 0 Å². The van der Waals surface area contributed by atoms with Gasteiger partial charge in [0.1, 0.15) is 5.82 Å². The summed E-state index contributed by atoms with van der Waals surface area (Å²) in [5.41, 5.74) is 3.32. The highest BCUT2D eigenvalue weighted by Crippen LogP contribution is 2.37. The molecule has 2 aromatic carbocycles. The normalized spacial score (nSPS) is 20.9. The second-order valence-electron chi connectivity index (χ2n) is 7.08. The smallest absolute Gasteiger partial charge is 0.142 e. The first-order valence-electron chi connectivity index (χ1n) is 9.39. The van der Waals surface area contributed by atoms with Gasteiger partial charge < -0.3 is 0 Å². The number of hydrogen-bond donors (Lipinski definition) is 0. The van der Waals surface area contributed by atoms with Gasteiger partial charge >= 0.3 is 0 Å². The molecule has 0 N–H and O–H groups in total. The quantitative estimate of drug-likeness (QED) is 0.480. The first-order valence-corrected chi connectivity index (χ1v) is 9.77. The lowest BCUT2D eigenvalue weighted by Crippen LogP contribution is -2.11. The predicted molar refractivity (Wildman–Crippen MR) is 106 cm³/mol. The zero-order valence-corrected chi connectivity index (χ0v) is 15.6. The van der Waals surface area contributed by atoms with E-state index >= 15 is 0 Å². The molecule has 0 atom stereocenters. The molecule has 3 rings (SSSR count). The van der Waals surface area contributed by atoms with Crippen LogP contribution in [0, 0.1) is 11.7 Å². The maximum Gasteiger partial charge on any atom is 0.142 e. The Morgan fingerprint density at radius 1 is 1.00 bits per heavy atom. The second kappa shape index (κ2) is 8.67. The van der Waals surface area contributed by atoms with Gasteiger partial charge in [-0.15, -0.1) is 0 Å². The van der Waals surface area contributed by atoms with Crippen molar-refractivity contribution < 1.29 is 4.39 Å². The van der Waals surface area contributed by atoms with E-state index in [1.54, 1.807) is 6.07 Å². The van der Waals surface area contributed by atoms with Gasteiger partial charge in [0.05, 0.1) is 5.02 Å². The molecule has 0 nitrogen and oxygen atoms in total. The summed E-state index contributed by atoms with van der Waals surface area (Å²) in [6.07, 6.45) is 12.3. The zero-order chi connectivity index (χ0) is 17.6. The van der Waals surface area contributed by atoms with E-state index in [1.807, 2.05) is 6.07 Å². The number of halogens is 2. The Kier molecular flexibility index (Phi) is 6.31. The summed E-state index contributed by atoms with van der Waals surface area (Å²) in [6, 6.07) is 13.6. The van der Waals surface area contributed by atoms with Gasteiger partial charge in [-0.1, -0.05) is 67.4 Å². The highest BCUT2D eigenvalue weighted by atomic mass is 35.5. The van der Waals surface area contributed by atoms with Crippen molar-refractivity contribution in [2.75, 3.05) is 0 Å². The van der Waals surface area contributed by atoms with Crippen LogP contribution in [-0.4, -0.2) is 0 Å². The average molecular weight is 357 g/mol. The number of benzene rings is 2. The van der Waals surface area contributed by atoms with Crippen LogP contribution in [0.5, 0.6) is 0 Å². The molecule has 2 aromatic rings. The van der Waals surface area contributed by atoms with E-state index < -0.39 is 0 Å². The van der Waals surface area contributed by atoms with Gasteiger partial charge in [0.2, 0.25) is 0 Å². The molecular weight excluding hydrogens is 331 g/mol. The first kappa shape index (κ1) is 18.2. The van der Waals surface area contributed by atoms with E-state index in [-0.39, 0.29) is 10.8 Å². The van der Waals surface area contributed by atoms with Crippen molar-refractivity contribution in [3.63, 3.8) is 0 Å². The largest absolute Gasteiger partial charge is 0.205 e. The summed E-state index contributed by atoms with van der Waals surface area (Å²) < 4.78 is 13.6. The lowest BCUT2D eigenvalue weighted by molar-refractivity contribution is 0.375. The molecule has 1 saturated carbocycles. The minimum Gasteiger partial charge on any atom is -0.205 e. The van der Waals surface area contributed by atoms with Crippen LogP contribution in [0.2, 0.25) is 5.02 Å². The maximum absolute atomic E-state index is 13.6. The van der Waals surface area contributed by atoms with Crippen LogP contribution in [-0.2, 0) is 0 Å². The molecule has 1 fully saturated rings. The van der Waals surface area contributed by atoms with E-state index in [1.165, 1.54) is 50.2 Å². The third-order valence-corrected chi connectivity index (χ3v) is 5.58. The molecule has 0 radical (unpaired) electrons. The van der Waals surface area contributed by atoms with E-state index in [9.17, 15) is 4.39 Å². The lowest BCUT2D eigenvalue weighted by atomic mass is 9.78. The van der Waals surface area contributed by atoms with Crippen molar-refractivity contribution in [1.29, 1.82) is 0 Å². The highest BCUT2D eigenvalue weighted by molar-refractivity contribution is 6.30. The molecule has 0 saturated heterocycles. The molecule has 0 heterocycles. The first-order chi connectivity index (χ1) is 12.2. The van der Waals surface area contributed by atoms with Crippen LogP contribution in [0.25, 0.3) is 11.1 Å². The molecule has 1 aliphatic rings. The Morgan fingerprint density at radius 3 is 2.32 bits per heavy atom. The fraction of sp³-hybridized carbons (Fsp3) is 0.391. The monoisotopic (exact) mass is 356 g/mol. The summed E-state index contributed by atoms with van der Waals surface area (Å²) in [4.78, 5) is 0. The number of rotatable bonds is 5. The molecule has 0 unspecified atom stereocenters. The number of hydrogen-bond acceptors (Lipinski definition) is 0. The van der Waals surface area contributed by atoms with E-state index in [0.717, 1.165) is 17.0 Å². The minimum atomic E-state index is -0.363. The fourth-order valence-corrected chi connectivity index (χ4v) is 3.84. The Labute approximate surface area is 155 Å². The molecule has 0 aliphatic heterocycles. The summed E-state index contributed by atoms with van der Waals surface area (Å²) in [5.74, 6) is 1.06. The van der Waals surface area contributed by atoms with Crippen LogP contribution in [0.15, 0.2) is 54.6 Å². The minimum absolute atomic E-state index is 0.171. The van der Waals surface area contributed by atoms with Crippen molar-refractivity contribution in [2.45, 2.75) is 51.4 Å². The third kappa shape index (κ3) is 4.73. The van der Waals surface area contributed by atoms with Gasteiger partial charge in [-0.05, 0) is 72.8 Å². The Balaban J connectivity index is 1.62. The zero-order valence-electron chi connectivity index (χ0n) is 14.8. The highest BCUT2D eigenvalue weighted by Gasteiger charge is 2.20. The van der Waals surface area contributed by atoms with Crippen molar-refractivity contribution in [3.05, 3.63) is 71.0 Å². The standard InChI is InChI=1S/C23H26ClF/c1-2-3-4-5-17-6-8-18(9-7-17)19-10-12-20(13-11-19)21-14-15-22(24)23(25)16-21/h4-5,10-18H,2-3,6-9H2,1H3. The molecule has 2 heteroatoms. The van der Waals surface area contributed by atoms with Gasteiger partial charge in [-0.25, -0.2) is 4.39 Å². The topological polar surface area (TPSA) is 0 Å². The van der Waals surface area contributed by atoms with Crippen LogP contribution in [0.3, 0.4) is 0 Å². The fourth-order valence-electron chi connectivity index (χ4n) is 3.72. The lowest BCUT2D eigenvalue weighted by Gasteiger charge is -2.27. The summed E-state index contributed by atoms with van der Waals surface area (Å²) in [5, 5.41) is 0.171. The van der Waals surface area contributed by atoms with Crippen molar-refractivity contribution in [2.24, 2.45) is 5.92 Å². The molecule has 0 bridgehead atoms. The van der Waals surface area contributed by atoms with Crippen LogP contribution >= 0.6 is 11.6 Å². The average Bonchev–Trinajstić information content (AvgIpc) is 2.65. The van der Waals surface area contributed by atoms with E-state index in [4.69, 9.17) is 11.6 Å². The predicted octanol–water partition coefficient (Wildman–Crippen LogP) is 7.78. The summed E-state index contributed by atoms with van der Waals surface area (Å²) in [7, 11) is 0. The van der Waals surface area contributed by atoms with Crippen molar-refractivity contribution in [3.8, 4) is 11.1 Å². The Hall–Kier alpha value is -1.60. The number of unbranched alkanes of at least 4 members (excludes halogenated alkanes) is 1. The Morgan fingerprint density at radius 2 is 1.68 bits per heavy atom.